The van der Waals surface area contributed by atoms with Gasteiger partial charge in [0.15, 0.2) is 0 Å². The monoisotopic (exact) mass is 395 g/mol. The Morgan fingerprint density at radius 3 is 2.40 bits per heavy atom. The molecule has 0 atom stereocenters. The molecule has 1 N–H and O–H groups in total. The second kappa shape index (κ2) is 8.49. The van der Waals surface area contributed by atoms with Crippen molar-refractivity contribution in [3.63, 3.8) is 0 Å². The lowest BCUT2D eigenvalue weighted by Gasteiger charge is -2.09. The fourth-order valence-corrected chi connectivity index (χ4v) is 2.90. The van der Waals surface area contributed by atoms with E-state index in [0.29, 0.717) is 18.7 Å². The number of benzene rings is 3. The Bertz CT molecular complexity index is 849. The number of carbonyl (C=O) groups excluding carboxylic acids is 1. The Labute approximate surface area is 155 Å². The van der Waals surface area contributed by atoms with Crippen molar-refractivity contribution in [2.45, 2.75) is 13.2 Å². The second-order valence-electron chi connectivity index (χ2n) is 5.58. The van der Waals surface area contributed by atoms with Crippen LogP contribution in [0.2, 0.25) is 0 Å². The van der Waals surface area contributed by atoms with Crippen LogP contribution in [0.3, 0.4) is 0 Å². The second-order valence-corrected chi connectivity index (χ2v) is 6.44. The van der Waals surface area contributed by atoms with E-state index in [2.05, 4.69) is 21.2 Å². The lowest BCUT2D eigenvalue weighted by atomic mass is 10.1. The van der Waals surface area contributed by atoms with Crippen molar-refractivity contribution >= 4 is 21.8 Å². The molecule has 4 heteroatoms. The maximum absolute atomic E-state index is 12.3. The minimum atomic E-state index is -0.0987. The third-order valence-corrected chi connectivity index (χ3v) is 4.40. The number of hydrogen-bond donors (Lipinski definition) is 1. The van der Waals surface area contributed by atoms with Gasteiger partial charge in [-0.1, -0.05) is 54.6 Å². The Morgan fingerprint density at radius 2 is 1.60 bits per heavy atom. The smallest absolute Gasteiger partial charge is 0.252 e. The number of rotatable bonds is 6. The van der Waals surface area contributed by atoms with Gasteiger partial charge >= 0.3 is 0 Å². The average molecular weight is 396 g/mol. The van der Waals surface area contributed by atoms with Gasteiger partial charge in [0.2, 0.25) is 0 Å². The van der Waals surface area contributed by atoms with Gasteiger partial charge in [-0.15, -0.1) is 0 Å². The van der Waals surface area contributed by atoms with Gasteiger partial charge in [-0.2, -0.15) is 0 Å². The van der Waals surface area contributed by atoms with Crippen LogP contribution in [0.4, 0.5) is 0 Å². The highest BCUT2D eigenvalue weighted by atomic mass is 79.9. The molecule has 0 bridgehead atoms. The maximum atomic E-state index is 12.3. The molecule has 0 aliphatic heterocycles. The van der Waals surface area contributed by atoms with Crippen molar-refractivity contribution in [1.82, 2.24) is 5.32 Å². The highest BCUT2D eigenvalue weighted by molar-refractivity contribution is 9.10. The summed E-state index contributed by atoms with van der Waals surface area (Å²) in [4.78, 5) is 12.3. The fraction of sp³-hybridized carbons (Fsp3) is 0.0952. The van der Waals surface area contributed by atoms with Crippen molar-refractivity contribution in [2.24, 2.45) is 0 Å². The number of hydrogen-bond acceptors (Lipinski definition) is 2. The lowest BCUT2D eigenvalue weighted by Crippen LogP contribution is -2.23. The third-order valence-electron chi connectivity index (χ3n) is 3.71. The molecule has 3 aromatic rings. The molecular weight excluding hydrogens is 378 g/mol. The summed E-state index contributed by atoms with van der Waals surface area (Å²) in [6.45, 7) is 0.968. The van der Waals surface area contributed by atoms with Gasteiger partial charge in [-0.25, -0.2) is 0 Å². The molecule has 126 valence electrons. The minimum Gasteiger partial charge on any atom is -0.489 e. The minimum absolute atomic E-state index is 0.0987. The van der Waals surface area contributed by atoms with Gasteiger partial charge in [0.05, 0.1) is 5.56 Å². The molecule has 0 aliphatic carbocycles. The summed E-state index contributed by atoms with van der Waals surface area (Å²) < 4.78 is 6.55. The van der Waals surface area contributed by atoms with Crippen LogP contribution in [-0.2, 0) is 13.2 Å². The molecule has 0 saturated heterocycles. The largest absolute Gasteiger partial charge is 0.489 e. The first-order valence-electron chi connectivity index (χ1n) is 8.01. The molecule has 0 fully saturated rings. The molecule has 0 heterocycles. The van der Waals surface area contributed by atoms with E-state index in [1.807, 2.05) is 72.8 Å². The number of para-hydroxylation sites is 1. The molecular formula is C21H18BrNO2. The van der Waals surface area contributed by atoms with E-state index in [-0.39, 0.29) is 5.91 Å². The molecule has 3 rings (SSSR count). The van der Waals surface area contributed by atoms with E-state index in [9.17, 15) is 4.79 Å². The van der Waals surface area contributed by atoms with Gasteiger partial charge in [-0.05, 0) is 51.3 Å². The third kappa shape index (κ3) is 4.94. The Balaban J connectivity index is 1.58. The summed E-state index contributed by atoms with van der Waals surface area (Å²) in [5.41, 5.74) is 2.73. The summed E-state index contributed by atoms with van der Waals surface area (Å²) in [6.07, 6.45) is 0. The zero-order chi connectivity index (χ0) is 17.5. The summed E-state index contributed by atoms with van der Waals surface area (Å²) >= 11 is 3.40. The highest BCUT2D eigenvalue weighted by Gasteiger charge is 2.08. The topological polar surface area (TPSA) is 38.3 Å². The molecule has 25 heavy (non-hydrogen) atoms. The van der Waals surface area contributed by atoms with Crippen LogP contribution >= 0.6 is 15.9 Å². The van der Waals surface area contributed by atoms with Crippen molar-refractivity contribution in [2.75, 3.05) is 0 Å². The quantitative estimate of drug-likeness (QED) is 0.640. The lowest BCUT2D eigenvalue weighted by molar-refractivity contribution is 0.0950. The predicted molar refractivity (Wildman–Crippen MR) is 103 cm³/mol. The summed E-state index contributed by atoms with van der Waals surface area (Å²) in [7, 11) is 0. The SMILES string of the molecule is O=C(NCc1cccc(COc2ccccc2)c1)c1ccccc1Br. The van der Waals surface area contributed by atoms with Crippen LogP contribution in [0.15, 0.2) is 83.3 Å². The first-order chi connectivity index (χ1) is 12.2. The number of nitrogens with one attached hydrogen (secondary N) is 1. The molecule has 0 unspecified atom stereocenters. The van der Waals surface area contributed by atoms with Crippen LogP contribution in [0, 0.1) is 0 Å². The maximum Gasteiger partial charge on any atom is 0.252 e. The molecule has 0 aliphatic rings. The van der Waals surface area contributed by atoms with Crippen LogP contribution in [0.1, 0.15) is 21.5 Å². The van der Waals surface area contributed by atoms with Gasteiger partial charge < -0.3 is 10.1 Å². The van der Waals surface area contributed by atoms with Crippen molar-refractivity contribution in [1.29, 1.82) is 0 Å². The van der Waals surface area contributed by atoms with E-state index < -0.39 is 0 Å². The number of amides is 1. The van der Waals surface area contributed by atoms with Crippen LogP contribution in [0.25, 0.3) is 0 Å². The molecule has 0 aromatic heterocycles. The van der Waals surface area contributed by atoms with E-state index in [1.165, 1.54) is 0 Å². The summed E-state index contributed by atoms with van der Waals surface area (Å²) in [6, 6.07) is 25.1. The Morgan fingerprint density at radius 1 is 0.880 bits per heavy atom. The molecule has 3 aromatic carbocycles. The highest BCUT2D eigenvalue weighted by Crippen LogP contribution is 2.16. The fourth-order valence-electron chi connectivity index (χ4n) is 2.44. The first kappa shape index (κ1) is 17.2. The van der Waals surface area contributed by atoms with Crippen molar-refractivity contribution in [3.8, 4) is 5.75 Å². The van der Waals surface area contributed by atoms with Gasteiger partial charge in [-0.3, -0.25) is 4.79 Å². The Hall–Kier alpha value is -2.59. The van der Waals surface area contributed by atoms with Crippen LogP contribution in [0.5, 0.6) is 5.75 Å². The molecule has 0 saturated carbocycles. The van der Waals surface area contributed by atoms with Gasteiger partial charge in [0.25, 0.3) is 5.91 Å². The zero-order valence-electron chi connectivity index (χ0n) is 13.6. The summed E-state index contributed by atoms with van der Waals surface area (Å²) in [5.74, 6) is 0.744. The molecule has 3 nitrogen and oxygen atoms in total. The summed E-state index contributed by atoms with van der Waals surface area (Å²) in [5, 5.41) is 2.95. The van der Waals surface area contributed by atoms with Gasteiger partial charge in [0, 0.05) is 11.0 Å². The number of ether oxygens (including phenoxy) is 1. The van der Waals surface area contributed by atoms with E-state index in [0.717, 1.165) is 21.3 Å². The van der Waals surface area contributed by atoms with E-state index >= 15 is 0 Å². The molecule has 1 amide bonds. The van der Waals surface area contributed by atoms with Crippen LogP contribution < -0.4 is 10.1 Å². The van der Waals surface area contributed by atoms with Crippen molar-refractivity contribution < 1.29 is 9.53 Å². The molecule has 0 spiro atoms. The average Bonchev–Trinajstić information content (AvgIpc) is 2.66. The van der Waals surface area contributed by atoms with E-state index in [4.69, 9.17) is 4.74 Å². The normalized spacial score (nSPS) is 10.3. The molecule has 0 radical (unpaired) electrons. The van der Waals surface area contributed by atoms with Gasteiger partial charge in [0.1, 0.15) is 12.4 Å². The predicted octanol–water partition coefficient (Wildman–Crippen LogP) is 4.96. The van der Waals surface area contributed by atoms with Crippen molar-refractivity contribution in [3.05, 3.63) is 100 Å². The van der Waals surface area contributed by atoms with E-state index in [1.54, 1.807) is 6.07 Å². The number of halogens is 1. The standard InChI is InChI=1S/C21H18BrNO2/c22-20-12-5-4-11-19(20)21(24)23-14-16-7-6-8-17(13-16)15-25-18-9-2-1-3-10-18/h1-13H,14-15H2,(H,23,24). The number of carbonyl (C=O) groups is 1. The Kier molecular flexibility index (Phi) is 5.86. The zero-order valence-corrected chi connectivity index (χ0v) is 15.2. The van der Waals surface area contributed by atoms with Crippen LogP contribution in [-0.4, -0.2) is 5.91 Å². The first-order valence-corrected chi connectivity index (χ1v) is 8.80.